The van der Waals surface area contributed by atoms with E-state index in [9.17, 15) is 29.1 Å². The number of primary amides is 1. The van der Waals surface area contributed by atoms with Gasteiger partial charge in [-0.1, -0.05) is 19.9 Å². The van der Waals surface area contributed by atoms with Gasteiger partial charge in [0.1, 0.15) is 23.7 Å². The van der Waals surface area contributed by atoms with Crippen molar-refractivity contribution in [1.29, 1.82) is 0 Å². The molecule has 5 amide bonds. The normalized spacial score (nSPS) is 25.0. The first-order valence-electron chi connectivity index (χ1n) is 14.3. The quantitative estimate of drug-likeness (QED) is 0.252. The second-order valence-electron chi connectivity index (χ2n) is 11.0. The molecular weight excluding hydrogens is 596 g/mol. The molecule has 3 atom stereocenters. The van der Waals surface area contributed by atoms with Crippen molar-refractivity contribution >= 4 is 53.1 Å². The van der Waals surface area contributed by atoms with Crippen LogP contribution in [0.15, 0.2) is 18.2 Å². The molecule has 2 bridgehead atoms. The molecule has 1 unspecified atom stereocenters. The summed E-state index contributed by atoms with van der Waals surface area (Å²) in [6.07, 6.45) is 0.897. The van der Waals surface area contributed by atoms with Crippen LogP contribution in [-0.2, 0) is 40.2 Å². The molecule has 238 valence electrons. The van der Waals surface area contributed by atoms with Crippen LogP contribution in [0.3, 0.4) is 0 Å². The van der Waals surface area contributed by atoms with Crippen LogP contribution < -0.4 is 27.0 Å². The van der Waals surface area contributed by atoms with Gasteiger partial charge < -0.3 is 36.8 Å². The van der Waals surface area contributed by atoms with Gasteiger partial charge in [0.2, 0.25) is 29.5 Å². The molecule has 0 aromatic carbocycles. The molecule has 1 saturated heterocycles. The van der Waals surface area contributed by atoms with Crippen molar-refractivity contribution in [2.45, 2.75) is 74.7 Å². The molecule has 43 heavy (non-hydrogen) atoms. The lowest BCUT2D eigenvalue weighted by Gasteiger charge is -2.37. The number of nitrogens with two attached hydrogens (primary N) is 1. The number of aromatic nitrogens is 1. The predicted octanol–water partition coefficient (Wildman–Crippen LogP) is -0.405. The summed E-state index contributed by atoms with van der Waals surface area (Å²) in [4.78, 5) is 69.8. The van der Waals surface area contributed by atoms with Gasteiger partial charge in [-0.15, -0.1) is 0 Å². The standard InChI is InChI=1S/C28H42N6O7S2/c1-17(2)12-20-25(38)31-21(13-35)26(39)32-22(24(29)37)16-43-15-19-5-3-4-18(30-19)14-42-11-6-23(36)34-28(27(40)33-20)7-9-41-10-8-28/h3-5,17,20-22,35H,6-16H2,1-2H3,(H2,29,37)(H,31,38)(H,32,39)(H,33,40)(H,34,36)/t20?,21-,22-/m0/s1. The number of amides is 5. The topological polar surface area (TPSA) is 202 Å². The summed E-state index contributed by atoms with van der Waals surface area (Å²) in [5.41, 5.74) is 5.89. The number of hydrogen-bond acceptors (Lipinski definition) is 10. The van der Waals surface area contributed by atoms with Crippen LogP contribution in [0.4, 0.5) is 0 Å². The van der Waals surface area contributed by atoms with Gasteiger partial charge in [0.25, 0.3) is 0 Å². The van der Waals surface area contributed by atoms with Gasteiger partial charge >= 0.3 is 0 Å². The van der Waals surface area contributed by atoms with Crippen molar-refractivity contribution in [3.63, 3.8) is 0 Å². The van der Waals surface area contributed by atoms with Crippen molar-refractivity contribution in [3.8, 4) is 0 Å². The average molecular weight is 639 g/mol. The Labute approximate surface area is 260 Å². The molecule has 15 heteroatoms. The van der Waals surface area contributed by atoms with Gasteiger partial charge in [0.15, 0.2) is 0 Å². The van der Waals surface area contributed by atoms with Gasteiger partial charge in [-0.3, -0.25) is 29.0 Å². The van der Waals surface area contributed by atoms with Crippen LogP contribution in [0.2, 0.25) is 0 Å². The number of carbonyl (C=O) groups is 5. The zero-order chi connectivity index (χ0) is 31.4. The van der Waals surface area contributed by atoms with Crippen LogP contribution >= 0.6 is 23.5 Å². The van der Waals surface area contributed by atoms with Gasteiger partial charge in [-0.05, 0) is 24.5 Å². The molecular formula is C28H42N6O7S2. The molecule has 7 N–H and O–H groups in total. The lowest BCUT2D eigenvalue weighted by atomic mass is 9.87. The van der Waals surface area contributed by atoms with Crippen molar-refractivity contribution in [1.82, 2.24) is 26.3 Å². The van der Waals surface area contributed by atoms with E-state index >= 15 is 0 Å². The minimum Gasteiger partial charge on any atom is -0.394 e. The largest absolute Gasteiger partial charge is 0.394 e. The molecule has 1 spiro atoms. The number of nitrogens with zero attached hydrogens (tertiary/aromatic N) is 1. The second-order valence-corrected chi connectivity index (χ2v) is 13.2. The first-order valence-corrected chi connectivity index (χ1v) is 16.6. The first-order chi connectivity index (χ1) is 20.5. The number of aliphatic hydroxyl groups excluding tert-OH is 1. The highest BCUT2D eigenvalue weighted by Crippen LogP contribution is 2.23. The number of pyridine rings is 1. The van der Waals surface area contributed by atoms with Crippen LogP contribution in [0.1, 0.15) is 50.9 Å². The Morgan fingerprint density at radius 2 is 1.70 bits per heavy atom. The van der Waals surface area contributed by atoms with E-state index in [1.165, 1.54) is 11.8 Å². The number of aliphatic hydroxyl groups is 1. The number of carbonyl (C=O) groups excluding carboxylic acids is 5. The number of ether oxygens (including phenoxy) is 1. The van der Waals surface area contributed by atoms with Crippen LogP contribution in [0.25, 0.3) is 0 Å². The van der Waals surface area contributed by atoms with E-state index in [0.29, 0.717) is 17.3 Å². The third-order valence-electron chi connectivity index (χ3n) is 7.09. The van der Waals surface area contributed by atoms with Gasteiger partial charge in [-0.25, -0.2) is 0 Å². The Kier molecular flexibility index (Phi) is 13.5. The number of hydrogen-bond donors (Lipinski definition) is 6. The first kappa shape index (κ1) is 34.6. The van der Waals surface area contributed by atoms with Gasteiger partial charge in [-0.2, -0.15) is 23.5 Å². The summed E-state index contributed by atoms with van der Waals surface area (Å²) in [6.45, 7) is 3.53. The summed E-state index contributed by atoms with van der Waals surface area (Å²) in [7, 11) is 0. The van der Waals surface area contributed by atoms with E-state index in [-0.39, 0.29) is 56.5 Å². The molecule has 1 aromatic rings. The zero-order valence-corrected chi connectivity index (χ0v) is 26.2. The van der Waals surface area contributed by atoms with Crippen LogP contribution in [-0.4, -0.2) is 94.6 Å². The van der Waals surface area contributed by atoms with Crippen molar-refractivity contribution in [3.05, 3.63) is 29.6 Å². The minimum absolute atomic E-state index is 0.0152. The average Bonchev–Trinajstić information content (AvgIpc) is 2.97. The van der Waals surface area contributed by atoms with E-state index in [2.05, 4.69) is 26.3 Å². The third-order valence-corrected chi connectivity index (χ3v) is 9.15. The minimum atomic E-state index is -1.39. The molecule has 2 aliphatic heterocycles. The van der Waals surface area contributed by atoms with Gasteiger partial charge in [0.05, 0.1) is 18.0 Å². The fourth-order valence-corrected chi connectivity index (χ4v) is 6.52. The Morgan fingerprint density at radius 1 is 1.05 bits per heavy atom. The SMILES string of the molecule is CC(C)CC1NC(=O)C2(CCOCC2)NC(=O)CCSCc2cccc(n2)CSC[C@@H](C(N)=O)NC(=O)[C@H](CO)NC1=O. The number of thioether (sulfide) groups is 2. The molecule has 1 aromatic heterocycles. The maximum Gasteiger partial charge on any atom is 0.246 e. The van der Waals surface area contributed by atoms with Gasteiger partial charge in [0, 0.05) is 55.5 Å². The lowest BCUT2D eigenvalue weighted by molar-refractivity contribution is -0.140. The molecule has 13 nitrogen and oxygen atoms in total. The van der Waals surface area contributed by atoms with E-state index in [0.717, 1.165) is 11.4 Å². The Morgan fingerprint density at radius 3 is 2.33 bits per heavy atom. The van der Waals surface area contributed by atoms with Crippen molar-refractivity contribution < 1.29 is 33.8 Å². The molecule has 2 aliphatic rings. The van der Waals surface area contributed by atoms with E-state index < -0.39 is 53.9 Å². The highest BCUT2D eigenvalue weighted by molar-refractivity contribution is 7.98. The fraction of sp³-hybridized carbons (Fsp3) is 0.643. The zero-order valence-electron chi connectivity index (χ0n) is 24.6. The highest BCUT2D eigenvalue weighted by Gasteiger charge is 2.43. The molecule has 0 saturated carbocycles. The van der Waals surface area contributed by atoms with Crippen LogP contribution in [0.5, 0.6) is 0 Å². The monoisotopic (exact) mass is 638 g/mol. The number of nitrogens with one attached hydrogen (secondary N) is 4. The number of fused-ring (bicyclic) bond motifs is 2. The molecule has 1 fully saturated rings. The predicted molar refractivity (Wildman–Crippen MR) is 164 cm³/mol. The summed E-state index contributed by atoms with van der Waals surface area (Å²) >= 11 is 2.90. The summed E-state index contributed by atoms with van der Waals surface area (Å²) in [6, 6.07) is 2.13. The Bertz CT molecular complexity index is 1150. The molecule has 3 rings (SSSR count). The molecule has 0 radical (unpaired) electrons. The lowest BCUT2D eigenvalue weighted by Crippen LogP contribution is -2.64. The maximum absolute atomic E-state index is 13.7. The smallest absolute Gasteiger partial charge is 0.246 e. The fourth-order valence-electron chi connectivity index (χ4n) is 4.70. The summed E-state index contributed by atoms with van der Waals surface area (Å²) in [5, 5.41) is 20.6. The van der Waals surface area contributed by atoms with E-state index in [1.807, 2.05) is 32.0 Å². The molecule has 3 heterocycles. The highest BCUT2D eigenvalue weighted by atomic mass is 32.2. The van der Waals surface area contributed by atoms with Crippen molar-refractivity contribution in [2.75, 3.05) is 31.3 Å². The van der Waals surface area contributed by atoms with E-state index in [4.69, 9.17) is 10.5 Å². The Balaban J connectivity index is 1.87. The second kappa shape index (κ2) is 16.8. The number of rotatable bonds is 4. The summed E-state index contributed by atoms with van der Waals surface area (Å²) < 4.78 is 5.46. The Hall–Kier alpha value is -2.88. The van der Waals surface area contributed by atoms with Crippen molar-refractivity contribution in [2.24, 2.45) is 11.7 Å². The maximum atomic E-state index is 13.7. The van der Waals surface area contributed by atoms with Crippen LogP contribution in [0, 0.1) is 5.92 Å². The third kappa shape index (κ3) is 10.7. The summed E-state index contributed by atoms with van der Waals surface area (Å²) in [5.74, 6) is -1.33. The molecule has 0 aliphatic carbocycles. The van der Waals surface area contributed by atoms with E-state index in [1.54, 1.807) is 11.8 Å².